The Morgan fingerprint density at radius 3 is 3.11 bits per heavy atom. The number of allylic oxidation sites excluding steroid dienone is 6. The largest absolute Gasteiger partial charge is 0.318 e. The van der Waals surface area contributed by atoms with Gasteiger partial charge >= 0.3 is 0 Å². The number of rotatable bonds is 5. The Labute approximate surface area is 118 Å². The smallest absolute Gasteiger partial charge is 0.0107 e. The van der Waals surface area contributed by atoms with Crippen LogP contribution >= 0.6 is 0 Å². The average molecular weight is 260 g/mol. The highest BCUT2D eigenvalue weighted by molar-refractivity contribution is 5.26. The maximum Gasteiger partial charge on any atom is 0.0107 e. The summed E-state index contributed by atoms with van der Waals surface area (Å²) >= 11 is 0. The van der Waals surface area contributed by atoms with E-state index in [9.17, 15) is 0 Å². The van der Waals surface area contributed by atoms with Crippen molar-refractivity contribution >= 4 is 0 Å². The normalized spacial score (nSPS) is 24.9. The van der Waals surface area contributed by atoms with Crippen molar-refractivity contribution in [1.82, 2.24) is 10.2 Å². The second-order valence-corrected chi connectivity index (χ2v) is 5.75. The molecule has 1 aliphatic heterocycles. The van der Waals surface area contributed by atoms with E-state index in [0.717, 1.165) is 18.9 Å². The first-order valence-electron chi connectivity index (χ1n) is 7.77. The highest BCUT2D eigenvalue weighted by Crippen LogP contribution is 2.25. The highest BCUT2D eigenvalue weighted by atomic mass is 15.1. The Morgan fingerprint density at radius 2 is 2.21 bits per heavy atom. The molecule has 0 aromatic heterocycles. The number of nitrogens with zero attached hydrogens (tertiary/aromatic N) is 1. The molecule has 1 aliphatic carbocycles. The van der Waals surface area contributed by atoms with Crippen LogP contribution in [0.2, 0.25) is 0 Å². The van der Waals surface area contributed by atoms with E-state index in [4.69, 9.17) is 0 Å². The number of hydrogen-bond donors (Lipinski definition) is 1. The topological polar surface area (TPSA) is 15.3 Å². The lowest BCUT2D eigenvalue weighted by atomic mass is 9.92. The van der Waals surface area contributed by atoms with Gasteiger partial charge in [0, 0.05) is 13.1 Å². The fourth-order valence-corrected chi connectivity index (χ4v) is 3.03. The van der Waals surface area contributed by atoms with Crippen LogP contribution < -0.4 is 5.32 Å². The van der Waals surface area contributed by atoms with E-state index in [2.05, 4.69) is 40.6 Å². The monoisotopic (exact) mass is 260 g/mol. The van der Waals surface area contributed by atoms with Gasteiger partial charge < -0.3 is 10.2 Å². The standard InChI is InChI=1S/C17H28N2/c1-18-11-14-19-12-6-9-17(10-13-19)15-16-7-4-2-3-5-8-16/h2-4,7-8,17-18H,5-6,9-15H2,1H3. The molecule has 2 nitrogen and oxygen atoms in total. The summed E-state index contributed by atoms with van der Waals surface area (Å²) in [7, 11) is 2.04. The average Bonchev–Trinajstić information content (AvgIpc) is 2.80. The summed E-state index contributed by atoms with van der Waals surface area (Å²) in [6, 6.07) is 0. The summed E-state index contributed by atoms with van der Waals surface area (Å²) in [6.45, 7) is 4.89. The van der Waals surface area contributed by atoms with Crippen molar-refractivity contribution in [3.63, 3.8) is 0 Å². The third kappa shape index (κ3) is 5.33. The van der Waals surface area contributed by atoms with Crippen LogP contribution in [0.5, 0.6) is 0 Å². The third-order valence-electron chi connectivity index (χ3n) is 4.22. The van der Waals surface area contributed by atoms with E-state index in [0.29, 0.717) is 0 Å². The predicted molar refractivity (Wildman–Crippen MR) is 83.3 cm³/mol. The molecule has 106 valence electrons. The van der Waals surface area contributed by atoms with Crippen LogP contribution in [0.3, 0.4) is 0 Å². The Hall–Kier alpha value is -0.860. The molecule has 2 aliphatic rings. The summed E-state index contributed by atoms with van der Waals surface area (Å²) in [6.07, 6.45) is 17.8. The molecule has 0 aromatic rings. The minimum atomic E-state index is 0.883. The molecule has 19 heavy (non-hydrogen) atoms. The number of nitrogens with one attached hydrogen (secondary N) is 1. The Balaban J connectivity index is 1.77. The molecule has 1 fully saturated rings. The van der Waals surface area contributed by atoms with E-state index in [1.165, 1.54) is 45.3 Å². The lowest BCUT2D eigenvalue weighted by Gasteiger charge is -2.19. The van der Waals surface area contributed by atoms with Crippen molar-refractivity contribution in [2.75, 3.05) is 33.2 Å². The fraction of sp³-hybridized carbons (Fsp3) is 0.647. The summed E-state index contributed by atoms with van der Waals surface area (Å²) in [5.41, 5.74) is 1.54. The molecule has 0 saturated carbocycles. The summed E-state index contributed by atoms with van der Waals surface area (Å²) in [5.74, 6) is 0.883. The molecule has 2 rings (SSSR count). The molecule has 1 N–H and O–H groups in total. The minimum Gasteiger partial charge on any atom is -0.318 e. The van der Waals surface area contributed by atoms with Crippen molar-refractivity contribution in [2.45, 2.75) is 32.1 Å². The summed E-state index contributed by atoms with van der Waals surface area (Å²) < 4.78 is 0. The van der Waals surface area contributed by atoms with Gasteiger partial charge in [-0.05, 0) is 58.2 Å². The highest BCUT2D eigenvalue weighted by Gasteiger charge is 2.17. The molecule has 1 unspecified atom stereocenters. The molecule has 0 radical (unpaired) electrons. The van der Waals surface area contributed by atoms with Gasteiger partial charge in [-0.2, -0.15) is 0 Å². The SMILES string of the molecule is CNCCN1CCCC(CC2=CCC=CC=C2)CC1. The van der Waals surface area contributed by atoms with E-state index in [1.54, 1.807) is 5.57 Å². The van der Waals surface area contributed by atoms with E-state index in [1.807, 2.05) is 7.05 Å². The van der Waals surface area contributed by atoms with E-state index < -0.39 is 0 Å². The number of likely N-dealkylation sites (N-methyl/N-ethyl adjacent to an activating group) is 1. The second kappa shape index (κ2) is 8.34. The quantitative estimate of drug-likeness (QED) is 0.817. The zero-order valence-electron chi connectivity index (χ0n) is 12.3. The summed E-state index contributed by atoms with van der Waals surface area (Å²) in [5, 5.41) is 3.25. The molecule has 0 bridgehead atoms. The molecule has 1 atom stereocenters. The van der Waals surface area contributed by atoms with Crippen LogP contribution in [0.15, 0.2) is 36.0 Å². The molecule has 2 heteroatoms. The van der Waals surface area contributed by atoms with Gasteiger partial charge in [-0.3, -0.25) is 0 Å². The van der Waals surface area contributed by atoms with Crippen molar-refractivity contribution in [2.24, 2.45) is 5.92 Å². The van der Waals surface area contributed by atoms with Crippen molar-refractivity contribution in [3.8, 4) is 0 Å². The molecular formula is C17H28N2. The predicted octanol–water partition coefficient (Wildman–Crippen LogP) is 3.14. The third-order valence-corrected chi connectivity index (χ3v) is 4.22. The van der Waals surface area contributed by atoms with Gasteiger partial charge in [0.25, 0.3) is 0 Å². The first kappa shape index (κ1) is 14.5. The van der Waals surface area contributed by atoms with Crippen molar-refractivity contribution in [3.05, 3.63) is 36.0 Å². The van der Waals surface area contributed by atoms with E-state index >= 15 is 0 Å². The van der Waals surface area contributed by atoms with Crippen LogP contribution in [-0.4, -0.2) is 38.1 Å². The van der Waals surface area contributed by atoms with Gasteiger partial charge in [0.05, 0.1) is 0 Å². The van der Waals surface area contributed by atoms with Gasteiger partial charge in [0.2, 0.25) is 0 Å². The van der Waals surface area contributed by atoms with Gasteiger partial charge in [-0.1, -0.05) is 36.0 Å². The Morgan fingerprint density at radius 1 is 1.26 bits per heavy atom. The number of likely N-dealkylation sites (tertiary alicyclic amines) is 1. The van der Waals surface area contributed by atoms with Gasteiger partial charge in [-0.15, -0.1) is 0 Å². The van der Waals surface area contributed by atoms with E-state index in [-0.39, 0.29) is 0 Å². The van der Waals surface area contributed by atoms with Crippen LogP contribution in [0.1, 0.15) is 32.1 Å². The maximum atomic E-state index is 3.25. The van der Waals surface area contributed by atoms with Crippen LogP contribution in [-0.2, 0) is 0 Å². The van der Waals surface area contributed by atoms with Crippen LogP contribution in [0, 0.1) is 5.92 Å². The molecule has 0 aromatic carbocycles. The van der Waals surface area contributed by atoms with Crippen LogP contribution in [0.25, 0.3) is 0 Å². The Kier molecular flexibility index (Phi) is 6.38. The first-order valence-corrected chi connectivity index (χ1v) is 7.77. The van der Waals surface area contributed by atoms with Crippen molar-refractivity contribution in [1.29, 1.82) is 0 Å². The van der Waals surface area contributed by atoms with Gasteiger partial charge in [-0.25, -0.2) is 0 Å². The lowest BCUT2D eigenvalue weighted by molar-refractivity contribution is 0.282. The van der Waals surface area contributed by atoms with Gasteiger partial charge in [0.1, 0.15) is 0 Å². The zero-order chi connectivity index (χ0) is 13.3. The Bertz CT molecular complexity index is 341. The summed E-state index contributed by atoms with van der Waals surface area (Å²) in [4.78, 5) is 2.62. The molecular weight excluding hydrogens is 232 g/mol. The second-order valence-electron chi connectivity index (χ2n) is 5.75. The van der Waals surface area contributed by atoms with Crippen LogP contribution in [0.4, 0.5) is 0 Å². The van der Waals surface area contributed by atoms with Gasteiger partial charge in [0.15, 0.2) is 0 Å². The molecule has 1 heterocycles. The number of hydrogen-bond acceptors (Lipinski definition) is 2. The van der Waals surface area contributed by atoms with Crippen molar-refractivity contribution < 1.29 is 0 Å². The molecule has 0 amide bonds. The first-order chi connectivity index (χ1) is 9.38. The maximum absolute atomic E-state index is 3.25. The molecule has 1 saturated heterocycles. The minimum absolute atomic E-state index is 0.883. The fourth-order valence-electron chi connectivity index (χ4n) is 3.03. The zero-order valence-corrected chi connectivity index (χ0v) is 12.3. The molecule has 0 spiro atoms. The lowest BCUT2D eigenvalue weighted by Crippen LogP contribution is -2.31.